The summed E-state index contributed by atoms with van der Waals surface area (Å²) in [5.74, 6) is -0.643. The van der Waals surface area contributed by atoms with Crippen molar-refractivity contribution in [3.05, 3.63) is 64.8 Å². The normalized spacial score (nSPS) is 15.5. The second-order valence-electron chi connectivity index (χ2n) is 6.88. The minimum Gasteiger partial charge on any atom is -0.489 e. The third-order valence-electron chi connectivity index (χ3n) is 5.14. The van der Waals surface area contributed by atoms with Crippen molar-refractivity contribution in [2.75, 3.05) is 6.61 Å². The van der Waals surface area contributed by atoms with Crippen molar-refractivity contribution < 1.29 is 14.6 Å². The molecule has 138 valence electrons. The van der Waals surface area contributed by atoms with Crippen LogP contribution in [0, 0.1) is 0 Å². The van der Waals surface area contributed by atoms with Crippen LogP contribution in [0.15, 0.2) is 53.8 Å². The molecule has 0 fully saturated rings. The largest absolute Gasteiger partial charge is 0.489 e. The molecule has 3 heterocycles. The minimum absolute atomic E-state index is 0.0889. The summed E-state index contributed by atoms with van der Waals surface area (Å²) in [6.45, 7) is 2.32. The van der Waals surface area contributed by atoms with Gasteiger partial charge in [0, 0.05) is 23.3 Å². The Balaban J connectivity index is 1.84. The maximum absolute atomic E-state index is 12.7. The highest BCUT2D eigenvalue weighted by molar-refractivity contribution is 5.98. The van der Waals surface area contributed by atoms with Gasteiger partial charge in [-0.05, 0) is 36.8 Å². The van der Waals surface area contributed by atoms with E-state index in [0.29, 0.717) is 23.3 Å². The molecule has 7 heteroatoms. The number of carboxylic acid groups (broad SMARTS) is 1. The molecule has 1 atom stereocenters. The Bertz CT molecular complexity index is 1340. The van der Waals surface area contributed by atoms with E-state index in [-0.39, 0.29) is 11.6 Å². The number of pyridine rings is 1. The van der Waals surface area contributed by atoms with E-state index in [1.807, 2.05) is 29.7 Å². The number of benzene rings is 2. The fraction of sp³-hybridized carbons (Fsp3) is 0.143. The Labute approximate surface area is 158 Å². The quantitative estimate of drug-likeness (QED) is 0.580. The maximum Gasteiger partial charge on any atom is 0.341 e. The molecule has 0 bridgehead atoms. The van der Waals surface area contributed by atoms with Crippen LogP contribution in [0.4, 0.5) is 0 Å². The van der Waals surface area contributed by atoms with E-state index >= 15 is 0 Å². The van der Waals surface area contributed by atoms with Crippen LogP contribution in [0.2, 0.25) is 0 Å². The molecule has 7 nitrogen and oxygen atoms in total. The first-order chi connectivity index (χ1) is 13.5. The molecule has 0 amide bonds. The summed E-state index contributed by atoms with van der Waals surface area (Å²) in [6, 6.07) is 9.22. The van der Waals surface area contributed by atoms with Crippen LogP contribution in [0.1, 0.15) is 23.3 Å². The Morgan fingerprint density at radius 2 is 2.14 bits per heavy atom. The summed E-state index contributed by atoms with van der Waals surface area (Å²) >= 11 is 0. The maximum atomic E-state index is 12.7. The number of ether oxygens (including phenoxy) is 1. The van der Waals surface area contributed by atoms with Crippen LogP contribution in [-0.4, -0.2) is 32.2 Å². The molecule has 0 saturated carbocycles. The first-order valence-electron chi connectivity index (χ1n) is 8.82. The van der Waals surface area contributed by atoms with Gasteiger partial charge in [0.15, 0.2) is 5.75 Å². The molecule has 0 spiro atoms. The SMILES string of the molecule is CC1COc2c(-c3ccc4ncncc4c3)ccc3c(=O)c(C(=O)O)cn1c23. The van der Waals surface area contributed by atoms with Gasteiger partial charge in [0.2, 0.25) is 5.43 Å². The lowest BCUT2D eigenvalue weighted by atomic mass is 9.98. The van der Waals surface area contributed by atoms with E-state index in [0.717, 1.165) is 22.0 Å². The van der Waals surface area contributed by atoms with Crippen LogP contribution in [0.5, 0.6) is 5.75 Å². The van der Waals surface area contributed by atoms with Gasteiger partial charge in [-0.2, -0.15) is 0 Å². The Morgan fingerprint density at radius 1 is 1.29 bits per heavy atom. The van der Waals surface area contributed by atoms with Crippen molar-refractivity contribution in [1.29, 1.82) is 0 Å². The van der Waals surface area contributed by atoms with Crippen LogP contribution in [0.3, 0.4) is 0 Å². The highest BCUT2D eigenvalue weighted by atomic mass is 16.5. The van der Waals surface area contributed by atoms with Crippen molar-refractivity contribution in [3.63, 3.8) is 0 Å². The standard InChI is InChI=1S/C21H15N3O4/c1-11-9-28-20-14(12-2-5-17-13(6-12)7-22-10-23-17)3-4-15-18(20)24(11)8-16(19(15)25)21(26)27/h2-8,10-11H,9H2,1H3,(H,26,27). The zero-order valence-electron chi connectivity index (χ0n) is 14.9. The monoisotopic (exact) mass is 373 g/mol. The topological polar surface area (TPSA) is 94.3 Å². The summed E-state index contributed by atoms with van der Waals surface area (Å²) in [5.41, 5.74) is 2.47. The third kappa shape index (κ3) is 2.29. The van der Waals surface area contributed by atoms with Crippen LogP contribution >= 0.6 is 0 Å². The highest BCUT2D eigenvalue weighted by Crippen LogP contribution is 2.40. The lowest BCUT2D eigenvalue weighted by molar-refractivity contribution is 0.0694. The Kier molecular flexibility index (Phi) is 3.45. The number of hydrogen-bond donors (Lipinski definition) is 1. The summed E-state index contributed by atoms with van der Waals surface area (Å²) < 4.78 is 7.85. The highest BCUT2D eigenvalue weighted by Gasteiger charge is 2.26. The molecule has 0 saturated heterocycles. The number of rotatable bonds is 2. The lowest BCUT2D eigenvalue weighted by Crippen LogP contribution is -2.26. The number of carbonyl (C=O) groups is 1. The Hall–Kier alpha value is -3.74. The zero-order chi connectivity index (χ0) is 19.4. The molecule has 1 N–H and O–H groups in total. The van der Waals surface area contributed by atoms with Gasteiger partial charge in [-0.1, -0.05) is 6.07 Å². The molecule has 28 heavy (non-hydrogen) atoms. The molecule has 5 rings (SSSR count). The minimum atomic E-state index is -1.23. The van der Waals surface area contributed by atoms with Gasteiger partial charge in [0.25, 0.3) is 0 Å². The molecule has 0 radical (unpaired) electrons. The molecule has 1 unspecified atom stereocenters. The summed E-state index contributed by atoms with van der Waals surface area (Å²) in [7, 11) is 0. The number of aromatic nitrogens is 3. The zero-order valence-corrected chi connectivity index (χ0v) is 14.9. The van der Waals surface area contributed by atoms with Gasteiger partial charge in [-0.3, -0.25) is 4.79 Å². The van der Waals surface area contributed by atoms with Crippen molar-refractivity contribution in [3.8, 4) is 16.9 Å². The van der Waals surface area contributed by atoms with Crippen molar-refractivity contribution in [2.24, 2.45) is 0 Å². The van der Waals surface area contributed by atoms with E-state index in [4.69, 9.17) is 4.74 Å². The van der Waals surface area contributed by atoms with E-state index in [1.165, 1.54) is 12.5 Å². The second-order valence-corrected chi connectivity index (χ2v) is 6.88. The number of nitrogens with zero attached hydrogens (tertiary/aromatic N) is 3. The van der Waals surface area contributed by atoms with E-state index in [1.54, 1.807) is 18.3 Å². The van der Waals surface area contributed by atoms with E-state index in [2.05, 4.69) is 9.97 Å². The van der Waals surface area contributed by atoms with Gasteiger partial charge >= 0.3 is 5.97 Å². The van der Waals surface area contributed by atoms with Crippen LogP contribution < -0.4 is 10.2 Å². The van der Waals surface area contributed by atoms with Gasteiger partial charge in [0.05, 0.1) is 22.5 Å². The first kappa shape index (κ1) is 16.4. The molecule has 2 aromatic heterocycles. The summed E-state index contributed by atoms with van der Waals surface area (Å²) in [6.07, 6.45) is 4.67. The summed E-state index contributed by atoms with van der Waals surface area (Å²) in [4.78, 5) is 32.5. The molecule has 2 aromatic carbocycles. The van der Waals surface area contributed by atoms with Crippen LogP contribution in [-0.2, 0) is 0 Å². The molecule has 1 aliphatic heterocycles. The molecule has 0 aliphatic carbocycles. The molecular weight excluding hydrogens is 358 g/mol. The van der Waals surface area contributed by atoms with Gasteiger partial charge < -0.3 is 14.4 Å². The first-order valence-corrected chi connectivity index (χ1v) is 8.82. The number of fused-ring (bicyclic) bond motifs is 1. The van der Waals surface area contributed by atoms with Gasteiger partial charge in [0.1, 0.15) is 18.5 Å². The second kappa shape index (κ2) is 5.88. The third-order valence-corrected chi connectivity index (χ3v) is 5.14. The molecule has 4 aromatic rings. The number of carboxylic acids is 1. The van der Waals surface area contributed by atoms with Crippen molar-refractivity contribution >= 4 is 27.8 Å². The van der Waals surface area contributed by atoms with Crippen molar-refractivity contribution in [2.45, 2.75) is 13.0 Å². The van der Waals surface area contributed by atoms with E-state index < -0.39 is 11.4 Å². The average Bonchev–Trinajstić information content (AvgIpc) is 2.71. The molecule has 1 aliphatic rings. The number of hydrogen-bond acceptors (Lipinski definition) is 5. The smallest absolute Gasteiger partial charge is 0.341 e. The fourth-order valence-electron chi connectivity index (χ4n) is 3.73. The summed E-state index contributed by atoms with van der Waals surface area (Å²) in [5, 5.41) is 10.6. The van der Waals surface area contributed by atoms with Gasteiger partial charge in [-0.15, -0.1) is 0 Å². The van der Waals surface area contributed by atoms with Crippen molar-refractivity contribution in [1.82, 2.24) is 14.5 Å². The van der Waals surface area contributed by atoms with Crippen LogP contribution in [0.25, 0.3) is 32.9 Å². The predicted octanol–water partition coefficient (Wildman–Crippen LogP) is 3.26. The average molecular weight is 373 g/mol. The predicted molar refractivity (Wildman–Crippen MR) is 104 cm³/mol. The van der Waals surface area contributed by atoms with E-state index in [9.17, 15) is 14.7 Å². The fourth-order valence-corrected chi connectivity index (χ4v) is 3.73. The lowest BCUT2D eigenvalue weighted by Gasteiger charge is -2.28. The van der Waals surface area contributed by atoms with Gasteiger partial charge in [-0.25, -0.2) is 14.8 Å². The number of aromatic carboxylic acids is 1. The Morgan fingerprint density at radius 3 is 2.96 bits per heavy atom. The molecular formula is C21H15N3O4.